The first-order chi connectivity index (χ1) is 8.75. The van der Waals surface area contributed by atoms with Crippen molar-refractivity contribution in [2.45, 2.75) is 45.3 Å². The van der Waals surface area contributed by atoms with Crippen molar-refractivity contribution in [1.29, 1.82) is 0 Å². The molecule has 0 bridgehead atoms. The van der Waals surface area contributed by atoms with Crippen LogP contribution in [0.25, 0.3) is 0 Å². The number of nitrogens with one attached hydrogen (secondary N) is 1. The summed E-state index contributed by atoms with van der Waals surface area (Å²) in [6.45, 7) is 7.85. The topological polar surface area (TPSA) is 71.5 Å². The molecule has 6 heteroatoms. The highest BCUT2D eigenvalue weighted by molar-refractivity contribution is 6.61. The minimum Gasteiger partial charge on any atom is -0.398 e. The standard InChI is InChI=1S/C13H20BNO4/c1-12(2)13(3,4)19-14(18-12)10-7-9(5-6-16)8-11(17)15-10/h7-8,16H,5-6H2,1-4H3,(H,15,17). The molecule has 0 spiro atoms. The molecule has 0 unspecified atom stereocenters. The van der Waals surface area contributed by atoms with Crippen LogP contribution in [0.2, 0.25) is 0 Å². The van der Waals surface area contributed by atoms with Gasteiger partial charge in [-0.2, -0.15) is 0 Å². The highest BCUT2D eigenvalue weighted by Crippen LogP contribution is 2.36. The van der Waals surface area contributed by atoms with Crippen LogP contribution in [0.3, 0.4) is 0 Å². The molecule has 1 aliphatic heterocycles. The molecule has 2 heterocycles. The Morgan fingerprint density at radius 1 is 1.21 bits per heavy atom. The lowest BCUT2D eigenvalue weighted by Gasteiger charge is -2.32. The van der Waals surface area contributed by atoms with Gasteiger partial charge >= 0.3 is 7.12 Å². The van der Waals surface area contributed by atoms with Crippen LogP contribution in [0.5, 0.6) is 0 Å². The molecule has 2 rings (SSSR count). The van der Waals surface area contributed by atoms with E-state index in [4.69, 9.17) is 14.4 Å². The molecule has 0 atom stereocenters. The van der Waals surface area contributed by atoms with Crippen molar-refractivity contribution in [1.82, 2.24) is 4.98 Å². The van der Waals surface area contributed by atoms with Gasteiger partial charge in [-0.25, -0.2) is 0 Å². The molecule has 1 aliphatic rings. The molecule has 0 amide bonds. The number of aromatic nitrogens is 1. The van der Waals surface area contributed by atoms with E-state index in [1.54, 1.807) is 6.07 Å². The Kier molecular flexibility index (Phi) is 3.60. The van der Waals surface area contributed by atoms with Crippen LogP contribution in [-0.2, 0) is 15.7 Å². The zero-order valence-electron chi connectivity index (χ0n) is 11.8. The number of aromatic amines is 1. The fourth-order valence-electron chi connectivity index (χ4n) is 1.99. The van der Waals surface area contributed by atoms with Gasteiger partial charge < -0.3 is 19.4 Å². The van der Waals surface area contributed by atoms with E-state index in [1.165, 1.54) is 6.07 Å². The summed E-state index contributed by atoms with van der Waals surface area (Å²) in [7, 11) is -0.587. The summed E-state index contributed by atoms with van der Waals surface area (Å²) >= 11 is 0. The van der Waals surface area contributed by atoms with Crippen LogP contribution in [0.1, 0.15) is 33.3 Å². The average Bonchev–Trinajstić information content (AvgIpc) is 2.48. The van der Waals surface area contributed by atoms with E-state index in [9.17, 15) is 4.79 Å². The summed E-state index contributed by atoms with van der Waals surface area (Å²) in [4.78, 5) is 14.4. The molecule has 1 saturated heterocycles. The average molecular weight is 265 g/mol. The lowest BCUT2D eigenvalue weighted by molar-refractivity contribution is 0.00578. The predicted molar refractivity (Wildman–Crippen MR) is 73.6 cm³/mol. The molecular formula is C13H20BNO4. The number of aliphatic hydroxyl groups excluding tert-OH is 1. The first kappa shape index (κ1) is 14.3. The third-order valence-corrected chi connectivity index (χ3v) is 3.83. The van der Waals surface area contributed by atoms with Gasteiger partial charge in [-0.3, -0.25) is 4.79 Å². The van der Waals surface area contributed by atoms with Crippen LogP contribution < -0.4 is 11.2 Å². The van der Waals surface area contributed by atoms with Gasteiger partial charge in [-0.15, -0.1) is 0 Å². The number of H-pyrrole nitrogens is 1. The largest absolute Gasteiger partial charge is 0.512 e. The molecular weight excluding hydrogens is 245 g/mol. The van der Waals surface area contributed by atoms with Gasteiger partial charge in [0.2, 0.25) is 5.56 Å². The van der Waals surface area contributed by atoms with Crippen molar-refractivity contribution in [2.75, 3.05) is 6.61 Å². The first-order valence-corrected chi connectivity index (χ1v) is 6.45. The Morgan fingerprint density at radius 3 is 2.32 bits per heavy atom. The van der Waals surface area contributed by atoms with E-state index in [2.05, 4.69) is 4.98 Å². The van der Waals surface area contributed by atoms with Crippen LogP contribution >= 0.6 is 0 Å². The number of hydrogen-bond acceptors (Lipinski definition) is 4. The Balaban J connectivity index is 2.31. The minimum absolute atomic E-state index is 0.00621. The van der Waals surface area contributed by atoms with Gasteiger partial charge in [0.25, 0.3) is 0 Å². The molecule has 1 aromatic rings. The van der Waals surface area contributed by atoms with Crippen LogP contribution in [0.4, 0.5) is 0 Å². The fourth-order valence-corrected chi connectivity index (χ4v) is 1.99. The van der Waals surface area contributed by atoms with Gasteiger partial charge in [0.1, 0.15) is 0 Å². The summed E-state index contributed by atoms with van der Waals surface area (Å²) in [5.74, 6) is 0. The second kappa shape index (κ2) is 4.78. The zero-order chi connectivity index (χ0) is 14.3. The van der Waals surface area contributed by atoms with Crippen LogP contribution in [0.15, 0.2) is 16.9 Å². The fraction of sp³-hybridized carbons (Fsp3) is 0.615. The zero-order valence-corrected chi connectivity index (χ0v) is 11.8. The maximum atomic E-state index is 11.6. The monoisotopic (exact) mass is 265 g/mol. The lowest BCUT2D eigenvalue weighted by Crippen LogP contribution is -2.41. The second-order valence-corrected chi connectivity index (χ2v) is 5.87. The Morgan fingerprint density at radius 2 is 1.79 bits per heavy atom. The maximum absolute atomic E-state index is 11.6. The van der Waals surface area contributed by atoms with Crippen LogP contribution in [-0.4, -0.2) is 35.0 Å². The second-order valence-electron chi connectivity index (χ2n) is 5.87. The van der Waals surface area contributed by atoms with E-state index in [0.29, 0.717) is 12.0 Å². The first-order valence-electron chi connectivity index (χ1n) is 6.45. The predicted octanol–water partition coefficient (Wildman–Crippen LogP) is 0.209. The number of rotatable bonds is 3. The van der Waals surface area contributed by atoms with Gasteiger partial charge in [-0.05, 0) is 45.7 Å². The Bertz CT molecular complexity index is 508. The summed E-state index contributed by atoms with van der Waals surface area (Å²) in [5, 5.41) is 8.96. The highest BCUT2D eigenvalue weighted by atomic mass is 16.7. The van der Waals surface area contributed by atoms with E-state index in [-0.39, 0.29) is 12.2 Å². The van der Waals surface area contributed by atoms with Gasteiger partial charge in [0, 0.05) is 18.3 Å². The molecule has 19 heavy (non-hydrogen) atoms. The Labute approximate surface area is 113 Å². The SMILES string of the molecule is CC1(C)OB(c2cc(CCO)cc(=O)[nH]2)OC1(C)C. The van der Waals surface area contributed by atoms with E-state index in [1.807, 2.05) is 27.7 Å². The van der Waals surface area contributed by atoms with E-state index < -0.39 is 18.3 Å². The summed E-state index contributed by atoms with van der Waals surface area (Å²) in [5.41, 5.74) is 0.268. The lowest BCUT2D eigenvalue weighted by atomic mass is 9.83. The number of pyridine rings is 1. The third kappa shape index (κ3) is 2.75. The van der Waals surface area contributed by atoms with E-state index >= 15 is 0 Å². The molecule has 0 aliphatic carbocycles. The maximum Gasteiger partial charge on any atom is 0.512 e. The number of aliphatic hydroxyl groups is 1. The molecule has 0 saturated carbocycles. The summed E-state index contributed by atoms with van der Waals surface area (Å²) in [6, 6.07) is 3.28. The van der Waals surface area contributed by atoms with Crippen LogP contribution in [0, 0.1) is 0 Å². The Hall–Kier alpha value is -1.11. The molecule has 1 fully saturated rings. The molecule has 5 nitrogen and oxygen atoms in total. The van der Waals surface area contributed by atoms with Crippen molar-refractivity contribution in [3.05, 3.63) is 28.0 Å². The van der Waals surface area contributed by atoms with Gasteiger partial charge in [0.15, 0.2) is 0 Å². The molecule has 1 aromatic heterocycles. The molecule has 0 radical (unpaired) electrons. The van der Waals surface area contributed by atoms with E-state index in [0.717, 1.165) is 5.56 Å². The quantitative estimate of drug-likeness (QED) is 0.766. The third-order valence-electron chi connectivity index (χ3n) is 3.83. The number of hydrogen-bond donors (Lipinski definition) is 2. The van der Waals surface area contributed by atoms with Crippen molar-refractivity contribution in [3.8, 4) is 0 Å². The van der Waals surface area contributed by atoms with Crippen molar-refractivity contribution >= 4 is 12.7 Å². The van der Waals surface area contributed by atoms with Crippen molar-refractivity contribution < 1.29 is 14.4 Å². The minimum atomic E-state index is -0.587. The van der Waals surface area contributed by atoms with Crippen molar-refractivity contribution in [3.63, 3.8) is 0 Å². The molecule has 2 N–H and O–H groups in total. The normalized spacial score (nSPS) is 20.8. The highest BCUT2D eigenvalue weighted by Gasteiger charge is 2.52. The molecule has 0 aromatic carbocycles. The van der Waals surface area contributed by atoms with Gasteiger partial charge in [-0.1, -0.05) is 0 Å². The van der Waals surface area contributed by atoms with Gasteiger partial charge in [0.05, 0.1) is 11.2 Å². The molecule has 104 valence electrons. The smallest absolute Gasteiger partial charge is 0.398 e. The summed E-state index contributed by atoms with van der Waals surface area (Å²) < 4.78 is 11.8. The summed E-state index contributed by atoms with van der Waals surface area (Å²) in [6.07, 6.45) is 0.441. The van der Waals surface area contributed by atoms with Crippen molar-refractivity contribution in [2.24, 2.45) is 0 Å².